The molecule has 1 atom stereocenters. The average Bonchev–Trinajstić information content (AvgIpc) is 2.47. The van der Waals surface area contributed by atoms with Crippen LogP contribution in [0.5, 0.6) is 5.75 Å². The molecule has 2 aromatic rings. The van der Waals surface area contributed by atoms with Crippen molar-refractivity contribution in [2.24, 2.45) is 0 Å². The largest absolute Gasteiger partial charge is 0.508 e. The van der Waals surface area contributed by atoms with Crippen LogP contribution >= 0.6 is 15.9 Å². The molecule has 1 N–H and O–H groups in total. The van der Waals surface area contributed by atoms with Crippen LogP contribution in [0.4, 0.5) is 0 Å². The first-order valence-electron chi connectivity index (χ1n) is 6.65. The Balaban J connectivity index is 2.19. The third kappa shape index (κ3) is 4.39. The Bertz CT molecular complexity index is 668. The van der Waals surface area contributed by atoms with Crippen LogP contribution in [-0.2, 0) is 0 Å². The molecule has 22 heavy (non-hydrogen) atoms. The predicted octanol–water partition coefficient (Wildman–Crippen LogP) is 3.79. The number of ketones is 1. The van der Waals surface area contributed by atoms with E-state index < -0.39 is 10.8 Å². The number of phenolic OH excluding ortho intramolecular Hbond substituents is 1. The summed E-state index contributed by atoms with van der Waals surface area (Å²) >= 11 is 3.32. The lowest BCUT2D eigenvalue weighted by Crippen LogP contribution is -2.16. The third-order valence-electron chi connectivity index (χ3n) is 3.33. The predicted molar refractivity (Wildman–Crippen MR) is 85.8 cm³/mol. The fourth-order valence-electron chi connectivity index (χ4n) is 2.19. The summed E-state index contributed by atoms with van der Waals surface area (Å²) < 4.78 is 0.876. The van der Waals surface area contributed by atoms with E-state index in [-0.39, 0.29) is 24.5 Å². The van der Waals surface area contributed by atoms with Gasteiger partial charge in [0.15, 0.2) is 5.78 Å². The summed E-state index contributed by atoms with van der Waals surface area (Å²) in [6.07, 6.45) is 0.0490. The van der Waals surface area contributed by atoms with Gasteiger partial charge in [-0.05, 0) is 42.0 Å². The quantitative estimate of drug-likeness (QED) is 0.480. The normalized spacial score (nSPS) is 11.9. The van der Waals surface area contributed by atoms with Gasteiger partial charge in [-0.3, -0.25) is 14.9 Å². The molecule has 0 radical (unpaired) electrons. The maximum Gasteiger partial charge on any atom is 0.211 e. The Morgan fingerprint density at radius 3 is 2.27 bits per heavy atom. The number of halogens is 1. The molecule has 0 bridgehead atoms. The van der Waals surface area contributed by atoms with E-state index in [0.29, 0.717) is 5.56 Å². The van der Waals surface area contributed by atoms with Gasteiger partial charge in [-0.1, -0.05) is 28.1 Å². The zero-order valence-electron chi connectivity index (χ0n) is 11.6. The Kier molecular flexibility index (Phi) is 5.27. The van der Waals surface area contributed by atoms with Crippen LogP contribution < -0.4 is 0 Å². The molecule has 5 nitrogen and oxygen atoms in total. The molecule has 0 spiro atoms. The van der Waals surface area contributed by atoms with Gasteiger partial charge in [-0.15, -0.1) is 0 Å². The molecule has 1 unspecified atom stereocenters. The minimum Gasteiger partial charge on any atom is -0.508 e. The van der Waals surface area contributed by atoms with Gasteiger partial charge in [-0.25, -0.2) is 0 Å². The fraction of sp³-hybridized carbons (Fsp3) is 0.188. The van der Waals surface area contributed by atoms with Gasteiger partial charge >= 0.3 is 0 Å². The van der Waals surface area contributed by atoms with Crippen molar-refractivity contribution in [3.8, 4) is 5.75 Å². The topological polar surface area (TPSA) is 80.4 Å². The Morgan fingerprint density at radius 1 is 1.14 bits per heavy atom. The molecule has 0 aliphatic carbocycles. The van der Waals surface area contributed by atoms with Crippen LogP contribution in [0.1, 0.15) is 28.3 Å². The second-order valence-electron chi connectivity index (χ2n) is 4.94. The number of nitro groups is 1. The van der Waals surface area contributed by atoms with Gasteiger partial charge < -0.3 is 5.11 Å². The Hall–Kier alpha value is -2.21. The highest BCUT2D eigenvalue weighted by Crippen LogP contribution is 2.24. The Labute approximate surface area is 135 Å². The first-order valence-corrected chi connectivity index (χ1v) is 7.44. The summed E-state index contributed by atoms with van der Waals surface area (Å²) in [5, 5.41) is 20.1. The second kappa shape index (κ2) is 7.17. The SMILES string of the molecule is O=C(CC(C[N+](=O)[O-])c1ccc(Br)cc1)c1ccc(O)cc1. The van der Waals surface area contributed by atoms with Gasteiger partial charge in [0.05, 0.1) is 5.92 Å². The Morgan fingerprint density at radius 2 is 1.73 bits per heavy atom. The standard InChI is InChI=1S/C16H14BrNO4/c17-14-5-1-11(2-6-14)13(10-18(21)22)9-16(20)12-3-7-15(19)8-4-12/h1-8,13,19H,9-10H2. The molecular formula is C16H14BrNO4. The van der Waals surface area contributed by atoms with Crippen LogP contribution in [0.25, 0.3) is 0 Å². The molecular weight excluding hydrogens is 350 g/mol. The van der Waals surface area contributed by atoms with Gasteiger partial charge in [0.2, 0.25) is 6.54 Å². The molecule has 0 amide bonds. The number of nitrogens with zero attached hydrogens (tertiary/aromatic N) is 1. The number of Topliss-reactive ketones (excluding diaryl/α,β-unsaturated/α-hetero) is 1. The second-order valence-corrected chi connectivity index (χ2v) is 5.85. The molecule has 0 saturated heterocycles. The number of hydrogen-bond donors (Lipinski definition) is 1. The number of hydrogen-bond acceptors (Lipinski definition) is 4. The molecule has 0 aliphatic heterocycles. The van der Waals surface area contributed by atoms with E-state index in [1.807, 2.05) is 0 Å². The van der Waals surface area contributed by atoms with Crippen molar-refractivity contribution < 1.29 is 14.8 Å². The van der Waals surface area contributed by atoms with Crippen LogP contribution in [-0.4, -0.2) is 22.4 Å². The summed E-state index contributed by atoms with van der Waals surface area (Å²) in [4.78, 5) is 22.7. The first-order chi connectivity index (χ1) is 10.5. The molecule has 2 rings (SSSR count). The van der Waals surface area contributed by atoms with Crippen molar-refractivity contribution in [3.63, 3.8) is 0 Å². The monoisotopic (exact) mass is 363 g/mol. The lowest BCUT2D eigenvalue weighted by Gasteiger charge is -2.13. The molecule has 2 aromatic carbocycles. The van der Waals surface area contributed by atoms with Crippen LogP contribution in [0.2, 0.25) is 0 Å². The van der Waals surface area contributed by atoms with Crippen LogP contribution in [0.3, 0.4) is 0 Å². The van der Waals surface area contributed by atoms with Crippen molar-refractivity contribution in [1.82, 2.24) is 0 Å². The van der Waals surface area contributed by atoms with Gasteiger partial charge in [-0.2, -0.15) is 0 Å². The minimum absolute atomic E-state index is 0.0490. The molecule has 6 heteroatoms. The van der Waals surface area contributed by atoms with Crippen LogP contribution in [0, 0.1) is 10.1 Å². The lowest BCUT2D eigenvalue weighted by molar-refractivity contribution is -0.483. The maximum atomic E-state index is 12.3. The number of carbonyl (C=O) groups is 1. The number of carbonyl (C=O) groups excluding carboxylic acids is 1. The number of benzene rings is 2. The first kappa shape index (κ1) is 16.2. The van der Waals surface area contributed by atoms with Crippen molar-refractivity contribution >= 4 is 21.7 Å². The van der Waals surface area contributed by atoms with E-state index in [2.05, 4.69) is 15.9 Å². The van der Waals surface area contributed by atoms with E-state index in [1.165, 1.54) is 24.3 Å². The molecule has 114 valence electrons. The van der Waals surface area contributed by atoms with E-state index in [1.54, 1.807) is 24.3 Å². The summed E-state index contributed by atoms with van der Waals surface area (Å²) in [7, 11) is 0. The molecule has 0 fully saturated rings. The number of rotatable bonds is 6. The zero-order valence-corrected chi connectivity index (χ0v) is 13.2. The van der Waals surface area contributed by atoms with E-state index in [4.69, 9.17) is 0 Å². The van der Waals surface area contributed by atoms with Crippen LogP contribution in [0.15, 0.2) is 53.0 Å². The highest BCUT2D eigenvalue weighted by Gasteiger charge is 2.22. The van der Waals surface area contributed by atoms with E-state index in [0.717, 1.165) is 10.0 Å². The highest BCUT2D eigenvalue weighted by atomic mass is 79.9. The smallest absolute Gasteiger partial charge is 0.211 e. The van der Waals surface area contributed by atoms with E-state index >= 15 is 0 Å². The molecule has 0 saturated carbocycles. The van der Waals surface area contributed by atoms with Crippen molar-refractivity contribution in [2.75, 3.05) is 6.54 Å². The summed E-state index contributed by atoms with van der Waals surface area (Å²) in [5.41, 5.74) is 1.19. The number of aromatic hydroxyl groups is 1. The average molecular weight is 364 g/mol. The third-order valence-corrected chi connectivity index (χ3v) is 3.86. The maximum absolute atomic E-state index is 12.3. The zero-order chi connectivity index (χ0) is 16.1. The van der Waals surface area contributed by atoms with Crippen molar-refractivity contribution in [3.05, 3.63) is 74.2 Å². The minimum atomic E-state index is -0.482. The molecule has 0 aliphatic rings. The van der Waals surface area contributed by atoms with E-state index in [9.17, 15) is 20.0 Å². The molecule has 0 aromatic heterocycles. The van der Waals surface area contributed by atoms with Gasteiger partial charge in [0.25, 0.3) is 0 Å². The molecule has 0 heterocycles. The van der Waals surface area contributed by atoms with Gasteiger partial charge in [0, 0.05) is 21.4 Å². The fourth-order valence-corrected chi connectivity index (χ4v) is 2.46. The highest BCUT2D eigenvalue weighted by molar-refractivity contribution is 9.10. The van der Waals surface area contributed by atoms with Crippen molar-refractivity contribution in [2.45, 2.75) is 12.3 Å². The lowest BCUT2D eigenvalue weighted by atomic mass is 9.91. The summed E-state index contributed by atoms with van der Waals surface area (Å²) in [6.45, 7) is -0.300. The van der Waals surface area contributed by atoms with Gasteiger partial charge in [0.1, 0.15) is 5.75 Å². The van der Waals surface area contributed by atoms with Crippen molar-refractivity contribution in [1.29, 1.82) is 0 Å². The number of phenols is 1. The summed E-state index contributed by atoms with van der Waals surface area (Å²) in [6, 6.07) is 13.0. The summed E-state index contributed by atoms with van der Waals surface area (Å²) in [5.74, 6) is -0.592.